The second-order valence-electron chi connectivity index (χ2n) is 3.89. The van der Waals surface area contributed by atoms with E-state index in [2.05, 4.69) is 21.2 Å². The second kappa shape index (κ2) is 4.14. The normalized spacial score (nSPS) is 20.5. The molecule has 0 saturated heterocycles. The van der Waals surface area contributed by atoms with Gasteiger partial charge in [0.25, 0.3) is 0 Å². The Morgan fingerprint density at radius 2 is 2.27 bits per heavy atom. The van der Waals surface area contributed by atoms with E-state index in [0.717, 1.165) is 15.7 Å². The van der Waals surface area contributed by atoms with Crippen LogP contribution >= 0.6 is 27.5 Å². The lowest BCUT2D eigenvalue weighted by molar-refractivity contribution is -0.118. The molecule has 0 radical (unpaired) electrons. The first-order valence-corrected chi connectivity index (χ1v) is 5.99. The van der Waals surface area contributed by atoms with Gasteiger partial charge < -0.3 is 5.32 Å². The molecule has 0 unspecified atom stereocenters. The highest BCUT2D eigenvalue weighted by molar-refractivity contribution is 9.10. The van der Waals surface area contributed by atoms with E-state index in [0.29, 0.717) is 17.9 Å². The standard InChI is InChI=1S/C11H11BrClNO/c1-6-2-9(15)4-7-3-8(13)5-10(12)11(7)14-6/h3,5-6,14H,2,4H2,1H3/t6-/m1/s1. The highest BCUT2D eigenvalue weighted by Gasteiger charge is 2.20. The van der Waals surface area contributed by atoms with Crippen molar-refractivity contribution in [2.75, 3.05) is 5.32 Å². The van der Waals surface area contributed by atoms with Gasteiger partial charge in [-0.1, -0.05) is 11.6 Å². The Morgan fingerprint density at radius 1 is 1.53 bits per heavy atom. The lowest BCUT2D eigenvalue weighted by Crippen LogP contribution is -2.16. The molecule has 0 bridgehead atoms. The van der Waals surface area contributed by atoms with Crippen molar-refractivity contribution in [2.45, 2.75) is 25.8 Å². The number of Topliss-reactive ketones (excluding diaryl/α,β-unsaturated/α-hetero) is 1. The second-order valence-corrected chi connectivity index (χ2v) is 5.18. The number of carbonyl (C=O) groups excluding carboxylic acids is 1. The molecule has 0 amide bonds. The van der Waals surface area contributed by atoms with E-state index in [-0.39, 0.29) is 11.8 Å². The van der Waals surface area contributed by atoms with Gasteiger partial charge in [-0.15, -0.1) is 0 Å². The van der Waals surface area contributed by atoms with E-state index in [4.69, 9.17) is 11.6 Å². The number of benzene rings is 1. The predicted octanol–water partition coefficient (Wildman–Crippen LogP) is 3.42. The minimum Gasteiger partial charge on any atom is -0.381 e. The molecule has 0 fully saturated rings. The third-order valence-electron chi connectivity index (χ3n) is 2.45. The van der Waals surface area contributed by atoms with Crippen LogP contribution in [0.1, 0.15) is 18.9 Å². The van der Waals surface area contributed by atoms with Gasteiger partial charge in [0.15, 0.2) is 0 Å². The van der Waals surface area contributed by atoms with Crippen molar-refractivity contribution < 1.29 is 4.79 Å². The molecule has 1 heterocycles. The average molecular weight is 289 g/mol. The SMILES string of the molecule is C[C@@H]1CC(=O)Cc2cc(Cl)cc(Br)c2N1. The summed E-state index contributed by atoms with van der Waals surface area (Å²) in [4.78, 5) is 11.6. The predicted molar refractivity (Wildman–Crippen MR) is 65.6 cm³/mol. The Hall–Kier alpha value is -0.540. The van der Waals surface area contributed by atoms with Gasteiger partial charge in [-0.3, -0.25) is 4.79 Å². The van der Waals surface area contributed by atoms with Gasteiger partial charge in [0.2, 0.25) is 0 Å². The van der Waals surface area contributed by atoms with E-state index in [1.165, 1.54) is 0 Å². The lowest BCUT2D eigenvalue weighted by atomic mass is 10.1. The van der Waals surface area contributed by atoms with Crippen LogP contribution in [0.15, 0.2) is 16.6 Å². The Morgan fingerprint density at radius 3 is 3.00 bits per heavy atom. The van der Waals surface area contributed by atoms with Crippen molar-refractivity contribution in [1.82, 2.24) is 0 Å². The van der Waals surface area contributed by atoms with E-state index in [1.54, 1.807) is 0 Å². The summed E-state index contributed by atoms with van der Waals surface area (Å²) in [6, 6.07) is 3.87. The maximum atomic E-state index is 11.6. The van der Waals surface area contributed by atoms with Gasteiger partial charge in [0.1, 0.15) is 5.78 Å². The number of hydrogen-bond donors (Lipinski definition) is 1. The van der Waals surface area contributed by atoms with Crippen molar-refractivity contribution in [3.05, 3.63) is 27.2 Å². The quantitative estimate of drug-likeness (QED) is 0.792. The molecule has 15 heavy (non-hydrogen) atoms. The van der Waals surface area contributed by atoms with E-state index >= 15 is 0 Å². The van der Waals surface area contributed by atoms with Crippen LogP contribution in [0, 0.1) is 0 Å². The van der Waals surface area contributed by atoms with Crippen LogP contribution in [0.2, 0.25) is 5.02 Å². The van der Waals surface area contributed by atoms with Crippen LogP contribution < -0.4 is 5.32 Å². The lowest BCUT2D eigenvalue weighted by Gasteiger charge is -2.14. The third-order valence-corrected chi connectivity index (χ3v) is 3.29. The fraction of sp³-hybridized carbons (Fsp3) is 0.364. The first-order valence-electron chi connectivity index (χ1n) is 4.82. The van der Waals surface area contributed by atoms with Crippen LogP contribution in [-0.2, 0) is 11.2 Å². The maximum Gasteiger partial charge on any atom is 0.139 e. The van der Waals surface area contributed by atoms with E-state index in [1.807, 2.05) is 19.1 Å². The number of halogens is 2. The monoisotopic (exact) mass is 287 g/mol. The molecule has 1 aromatic carbocycles. The zero-order chi connectivity index (χ0) is 11.0. The van der Waals surface area contributed by atoms with Crippen molar-refractivity contribution in [3.8, 4) is 0 Å². The minimum atomic E-state index is 0.177. The van der Waals surface area contributed by atoms with E-state index in [9.17, 15) is 4.79 Å². The maximum absolute atomic E-state index is 11.6. The van der Waals surface area contributed by atoms with Crippen molar-refractivity contribution in [3.63, 3.8) is 0 Å². The summed E-state index contributed by atoms with van der Waals surface area (Å²) in [6.45, 7) is 2.01. The van der Waals surface area contributed by atoms with Gasteiger partial charge in [0.05, 0.1) is 5.69 Å². The fourth-order valence-electron chi connectivity index (χ4n) is 1.85. The molecule has 2 nitrogen and oxygen atoms in total. The molecule has 1 aliphatic heterocycles. The summed E-state index contributed by atoms with van der Waals surface area (Å²) in [7, 11) is 0. The highest BCUT2D eigenvalue weighted by Crippen LogP contribution is 2.33. The van der Waals surface area contributed by atoms with Gasteiger partial charge >= 0.3 is 0 Å². The number of fused-ring (bicyclic) bond motifs is 1. The van der Waals surface area contributed by atoms with Crippen LogP contribution in [-0.4, -0.2) is 11.8 Å². The number of anilines is 1. The summed E-state index contributed by atoms with van der Waals surface area (Å²) in [5.74, 6) is 0.253. The van der Waals surface area contributed by atoms with Crippen molar-refractivity contribution >= 4 is 39.0 Å². The highest BCUT2D eigenvalue weighted by atomic mass is 79.9. The summed E-state index contributed by atoms with van der Waals surface area (Å²) >= 11 is 9.41. The molecule has 1 N–H and O–H groups in total. The van der Waals surface area contributed by atoms with Gasteiger partial charge in [-0.25, -0.2) is 0 Å². The van der Waals surface area contributed by atoms with Crippen LogP contribution in [0.25, 0.3) is 0 Å². The zero-order valence-corrected chi connectivity index (χ0v) is 10.7. The summed E-state index contributed by atoms with van der Waals surface area (Å²) in [5, 5.41) is 3.98. The van der Waals surface area contributed by atoms with Crippen LogP contribution in [0.5, 0.6) is 0 Å². The first-order chi connectivity index (χ1) is 7.06. The molecular weight excluding hydrogens is 277 g/mol. The number of carbonyl (C=O) groups is 1. The minimum absolute atomic E-state index is 0.177. The van der Waals surface area contributed by atoms with Gasteiger partial charge in [-0.2, -0.15) is 0 Å². The molecule has 1 aromatic rings. The topological polar surface area (TPSA) is 29.1 Å². The van der Waals surface area contributed by atoms with Gasteiger partial charge in [-0.05, 0) is 40.5 Å². The Labute approximate surface area is 102 Å². The van der Waals surface area contributed by atoms with Crippen LogP contribution in [0.4, 0.5) is 5.69 Å². The largest absolute Gasteiger partial charge is 0.381 e. The molecular formula is C11H11BrClNO. The number of ketones is 1. The Bertz CT molecular complexity index is 419. The zero-order valence-electron chi connectivity index (χ0n) is 8.31. The number of rotatable bonds is 0. The number of nitrogens with one attached hydrogen (secondary N) is 1. The smallest absolute Gasteiger partial charge is 0.139 e. The Kier molecular flexibility index (Phi) is 3.03. The molecule has 80 valence electrons. The molecule has 4 heteroatoms. The summed E-state index contributed by atoms with van der Waals surface area (Å²) in [5.41, 5.74) is 1.97. The molecule has 1 atom stereocenters. The summed E-state index contributed by atoms with van der Waals surface area (Å²) < 4.78 is 0.923. The molecule has 1 aliphatic rings. The van der Waals surface area contributed by atoms with Crippen molar-refractivity contribution in [2.24, 2.45) is 0 Å². The number of hydrogen-bond acceptors (Lipinski definition) is 2. The first kappa shape index (κ1) is 11.0. The molecule has 0 saturated carbocycles. The molecule has 2 rings (SSSR count). The average Bonchev–Trinajstić information content (AvgIpc) is 2.22. The van der Waals surface area contributed by atoms with Crippen LogP contribution in [0.3, 0.4) is 0 Å². The molecule has 0 aromatic heterocycles. The molecule has 0 spiro atoms. The van der Waals surface area contributed by atoms with Gasteiger partial charge in [0, 0.05) is 28.4 Å². The third kappa shape index (κ3) is 2.34. The van der Waals surface area contributed by atoms with Crippen molar-refractivity contribution in [1.29, 1.82) is 0 Å². The Balaban J connectivity index is 2.50. The summed E-state index contributed by atoms with van der Waals surface area (Å²) in [6.07, 6.45) is 1.03. The van der Waals surface area contributed by atoms with E-state index < -0.39 is 0 Å². The fourth-order valence-corrected chi connectivity index (χ4v) is 2.84. The molecule has 0 aliphatic carbocycles.